The third-order valence-corrected chi connectivity index (χ3v) is 5.04. The monoisotopic (exact) mass is 484 g/mol. The number of hydrogen-bond acceptors (Lipinski definition) is 3. The zero-order valence-corrected chi connectivity index (χ0v) is 17.8. The predicted molar refractivity (Wildman–Crippen MR) is 112 cm³/mol. The second-order valence-corrected chi connectivity index (χ2v) is 7.54. The number of ether oxygens (including phenoxy) is 1. The lowest BCUT2D eigenvalue weighted by Gasteiger charge is -2.35. The van der Waals surface area contributed by atoms with Gasteiger partial charge in [-0.1, -0.05) is 41.9 Å². The van der Waals surface area contributed by atoms with Gasteiger partial charge in [-0.2, -0.15) is 13.2 Å². The third-order valence-electron chi connectivity index (χ3n) is 4.82. The van der Waals surface area contributed by atoms with Crippen LogP contribution in [0.3, 0.4) is 0 Å². The maximum Gasteiger partial charge on any atom is 0.416 e. The van der Waals surface area contributed by atoms with Gasteiger partial charge in [-0.25, -0.2) is 13.6 Å². The van der Waals surface area contributed by atoms with Crippen molar-refractivity contribution in [1.82, 2.24) is 10.3 Å². The molecule has 10 heteroatoms. The molecule has 0 fully saturated rings. The number of pyridine rings is 1. The molecule has 3 aromatic rings. The van der Waals surface area contributed by atoms with Crippen molar-refractivity contribution in [2.75, 3.05) is 13.3 Å². The molecule has 1 aromatic heterocycles. The Balaban J connectivity index is 2.27. The minimum atomic E-state index is -4.85. The number of amides is 1. The van der Waals surface area contributed by atoms with Crippen molar-refractivity contribution >= 4 is 17.7 Å². The minimum Gasteiger partial charge on any atom is -0.447 e. The molecule has 0 radical (unpaired) electrons. The van der Waals surface area contributed by atoms with Gasteiger partial charge in [-0.3, -0.25) is 4.98 Å². The molecule has 0 aliphatic rings. The maximum atomic E-state index is 14.4. The van der Waals surface area contributed by atoms with Crippen LogP contribution >= 0.6 is 11.6 Å². The molecule has 33 heavy (non-hydrogen) atoms. The highest BCUT2D eigenvalue weighted by Gasteiger charge is 2.41. The van der Waals surface area contributed by atoms with Crippen LogP contribution in [0, 0.1) is 5.82 Å². The van der Waals surface area contributed by atoms with E-state index in [4.69, 9.17) is 16.3 Å². The Hall–Kier alpha value is -3.20. The van der Waals surface area contributed by atoms with Crippen molar-refractivity contribution in [2.24, 2.45) is 0 Å². The second-order valence-electron chi connectivity index (χ2n) is 7.11. The standard InChI is InChI=1S/C23H18ClF5N2O2/c24-18-6-7-20(30-14-18)22(31-21(32)33-9-8-25,13-15-4-2-1-3-5-15)16-10-17(23(27,28)29)12-19(26)11-16/h1-7,10-12,14H,8-9,13H2,(H,31,32)/t22-/m1/s1. The van der Waals surface area contributed by atoms with Gasteiger partial charge in [-0.15, -0.1) is 0 Å². The number of alkyl carbamates (subject to hydrolysis) is 1. The number of nitrogens with one attached hydrogen (secondary N) is 1. The fourth-order valence-electron chi connectivity index (χ4n) is 3.39. The number of hydrogen-bond donors (Lipinski definition) is 1. The summed E-state index contributed by atoms with van der Waals surface area (Å²) in [5, 5.41) is 2.74. The molecule has 2 aromatic carbocycles. The van der Waals surface area contributed by atoms with Gasteiger partial charge in [0.25, 0.3) is 0 Å². The first-order valence-corrected chi connectivity index (χ1v) is 10.1. The van der Waals surface area contributed by atoms with Gasteiger partial charge >= 0.3 is 12.3 Å². The molecule has 1 heterocycles. The van der Waals surface area contributed by atoms with Crippen LogP contribution in [-0.4, -0.2) is 24.4 Å². The summed E-state index contributed by atoms with van der Waals surface area (Å²) in [6, 6.07) is 13.3. The molecule has 1 atom stereocenters. The van der Waals surface area contributed by atoms with Crippen molar-refractivity contribution in [2.45, 2.75) is 18.1 Å². The van der Waals surface area contributed by atoms with Gasteiger partial charge in [0.2, 0.25) is 0 Å². The summed E-state index contributed by atoms with van der Waals surface area (Å²) in [4.78, 5) is 16.7. The molecule has 0 saturated heterocycles. The van der Waals surface area contributed by atoms with Gasteiger partial charge in [-0.05, 0) is 41.5 Å². The number of carbonyl (C=O) groups excluding carboxylic acids is 1. The molecule has 0 spiro atoms. The Morgan fingerprint density at radius 1 is 1.03 bits per heavy atom. The molecule has 174 valence electrons. The molecule has 0 aliphatic carbocycles. The topological polar surface area (TPSA) is 51.2 Å². The van der Waals surface area contributed by atoms with E-state index in [2.05, 4.69) is 10.3 Å². The summed E-state index contributed by atoms with van der Waals surface area (Å²) >= 11 is 5.93. The molecular formula is C23H18ClF5N2O2. The first kappa shape index (κ1) is 24.4. The van der Waals surface area contributed by atoms with Crippen LogP contribution in [0.4, 0.5) is 26.7 Å². The Morgan fingerprint density at radius 2 is 1.73 bits per heavy atom. The van der Waals surface area contributed by atoms with E-state index in [1.807, 2.05) is 0 Å². The Kier molecular flexibility index (Phi) is 7.53. The number of nitrogens with zero attached hydrogens (tertiary/aromatic N) is 1. The van der Waals surface area contributed by atoms with Crippen LogP contribution in [0.2, 0.25) is 5.02 Å². The molecule has 1 amide bonds. The van der Waals surface area contributed by atoms with E-state index in [-0.39, 0.29) is 22.7 Å². The minimum absolute atomic E-state index is 0.0756. The predicted octanol–water partition coefficient (Wildman–Crippen LogP) is 6.07. The fourth-order valence-corrected chi connectivity index (χ4v) is 3.50. The largest absolute Gasteiger partial charge is 0.447 e. The molecule has 3 rings (SSSR count). The number of benzene rings is 2. The highest BCUT2D eigenvalue weighted by molar-refractivity contribution is 6.30. The molecule has 1 N–H and O–H groups in total. The van der Waals surface area contributed by atoms with Gasteiger partial charge in [0, 0.05) is 12.6 Å². The van der Waals surface area contributed by atoms with E-state index in [1.54, 1.807) is 30.3 Å². The molecule has 0 saturated carbocycles. The van der Waals surface area contributed by atoms with Gasteiger partial charge < -0.3 is 10.1 Å². The second kappa shape index (κ2) is 10.2. The first-order valence-electron chi connectivity index (χ1n) is 9.69. The van der Waals surface area contributed by atoms with E-state index < -0.39 is 42.5 Å². The lowest BCUT2D eigenvalue weighted by molar-refractivity contribution is -0.137. The Labute approximate surface area is 191 Å². The van der Waals surface area contributed by atoms with Crippen molar-refractivity contribution in [3.05, 3.63) is 100 Å². The summed E-state index contributed by atoms with van der Waals surface area (Å²) in [7, 11) is 0. The summed E-state index contributed by atoms with van der Waals surface area (Å²) < 4.78 is 72.2. The number of carbonyl (C=O) groups is 1. The van der Waals surface area contributed by atoms with Crippen molar-refractivity contribution in [3.63, 3.8) is 0 Å². The maximum absolute atomic E-state index is 14.4. The number of aromatic nitrogens is 1. The first-order chi connectivity index (χ1) is 15.6. The van der Waals surface area contributed by atoms with Crippen LogP contribution in [-0.2, 0) is 22.9 Å². The van der Waals surface area contributed by atoms with E-state index in [0.29, 0.717) is 11.6 Å². The van der Waals surface area contributed by atoms with Crippen LogP contribution < -0.4 is 5.32 Å². The lowest BCUT2D eigenvalue weighted by Crippen LogP contribution is -2.49. The summed E-state index contributed by atoms with van der Waals surface area (Å²) in [5.41, 5.74) is -2.61. The average molecular weight is 485 g/mol. The van der Waals surface area contributed by atoms with Crippen molar-refractivity contribution < 1.29 is 31.5 Å². The van der Waals surface area contributed by atoms with Crippen molar-refractivity contribution in [3.8, 4) is 0 Å². The van der Waals surface area contributed by atoms with Crippen LogP contribution in [0.5, 0.6) is 0 Å². The van der Waals surface area contributed by atoms with Crippen LogP contribution in [0.15, 0.2) is 66.9 Å². The highest BCUT2D eigenvalue weighted by atomic mass is 35.5. The van der Waals surface area contributed by atoms with E-state index >= 15 is 0 Å². The molecular weight excluding hydrogens is 467 g/mol. The molecule has 0 bridgehead atoms. The van der Waals surface area contributed by atoms with Crippen molar-refractivity contribution in [1.29, 1.82) is 0 Å². The zero-order chi connectivity index (χ0) is 24.1. The number of rotatable bonds is 7. The highest BCUT2D eigenvalue weighted by Crippen LogP contribution is 2.38. The van der Waals surface area contributed by atoms with Gasteiger partial charge in [0.15, 0.2) is 0 Å². The summed E-state index contributed by atoms with van der Waals surface area (Å²) in [6.07, 6.45) is -4.83. The van der Waals surface area contributed by atoms with Gasteiger partial charge in [0.05, 0.1) is 16.3 Å². The van der Waals surface area contributed by atoms with E-state index in [9.17, 15) is 26.7 Å². The number of alkyl halides is 4. The van der Waals surface area contributed by atoms with E-state index in [0.717, 1.165) is 12.1 Å². The van der Waals surface area contributed by atoms with E-state index in [1.165, 1.54) is 18.3 Å². The Morgan fingerprint density at radius 3 is 2.33 bits per heavy atom. The average Bonchev–Trinajstić information content (AvgIpc) is 2.77. The van der Waals surface area contributed by atoms with Crippen LogP contribution in [0.25, 0.3) is 0 Å². The Bertz CT molecular complexity index is 1090. The summed E-state index contributed by atoms with van der Waals surface area (Å²) in [6.45, 7) is -1.53. The molecule has 4 nitrogen and oxygen atoms in total. The lowest BCUT2D eigenvalue weighted by atomic mass is 9.80. The van der Waals surface area contributed by atoms with Gasteiger partial charge in [0.1, 0.15) is 24.6 Å². The SMILES string of the molecule is O=C(N[C@](Cc1ccccc1)(c1cc(F)cc(C(F)(F)F)c1)c1ccc(Cl)cn1)OCCF. The summed E-state index contributed by atoms with van der Waals surface area (Å²) in [5.74, 6) is -1.16. The van der Waals surface area contributed by atoms with Crippen LogP contribution in [0.1, 0.15) is 22.4 Å². The number of halogens is 6. The molecule has 0 aliphatic heterocycles. The normalized spacial score (nSPS) is 13.3. The fraction of sp³-hybridized carbons (Fsp3) is 0.217. The quantitative estimate of drug-likeness (QED) is 0.414. The molecule has 0 unspecified atom stereocenters. The third kappa shape index (κ3) is 5.98. The smallest absolute Gasteiger partial charge is 0.416 e. The zero-order valence-electron chi connectivity index (χ0n) is 17.0.